The van der Waals surface area contributed by atoms with Gasteiger partial charge in [-0.1, -0.05) is 43.3 Å². The molecule has 0 aromatic heterocycles. The molecule has 0 saturated carbocycles. The Bertz CT molecular complexity index is 1010. The molecule has 3 saturated heterocycles. The Hall–Kier alpha value is -2.33. The molecule has 2 aromatic rings. The van der Waals surface area contributed by atoms with Crippen LogP contribution in [0.25, 0.3) is 0 Å². The molecule has 4 atom stereocenters. The standard InChI is InChI=1S/C28H36N2O6/c1-19-25(17-30-13-11-28(12-14-30)33-15-16-34-28)35-27(23-7-9-24(10-8-23)29-20(2)32)36-26(19)22-5-3-21(18-31)4-6-22/h3-10,19,25-27,31H,11-18H2,1-2H3,(H,29,32). The minimum Gasteiger partial charge on any atom is -0.392 e. The Morgan fingerprint density at radius 1 is 1.00 bits per heavy atom. The number of nitrogens with zero attached hydrogens (tertiary/aromatic N) is 1. The first-order valence-corrected chi connectivity index (χ1v) is 12.8. The number of aliphatic hydroxyl groups excluding tert-OH is 1. The quantitative estimate of drug-likeness (QED) is 0.629. The number of carbonyl (C=O) groups excluding carboxylic acids is 1. The second kappa shape index (κ2) is 11.0. The van der Waals surface area contributed by atoms with Crippen molar-refractivity contribution in [2.24, 2.45) is 5.92 Å². The maximum atomic E-state index is 11.4. The molecule has 1 amide bonds. The number of ether oxygens (including phenoxy) is 4. The van der Waals surface area contributed by atoms with Crippen molar-refractivity contribution in [3.05, 3.63) is 65.2 Å². The zero-order chi connectivity index (χ0) is 25.1. The maximum Gasteiger partial charge on any atom is 0.221 e. The highest BCUT2D eigenvalue weighted by Crippen LogP contribution is 2.42. The number of nitrogens with one attached hydrogen (secondary N) is 1. The summed E-state index contributed by atoms with van der Waals surface area (Å²) in [6.07, 6.45) is 1.00. The Kier molecular flexibility index (Phi) is 7.71. The second-order valence-electron chi connectivity index (χ2n) is 10.0. The Balaban J connectivity index is 1.33. The van der Waals surface area contributed by atoms with Crippen LogP contribution in [0.2, 0.25) is 0 Å². The molecule has 3 heterocycles. The largest absolute Gasteiger partial charge is 0.392 e. The van der Waals surface area contributed by atoms with Gasteiger partial charge in [-0.25, -0.2) is 0 Å². The van der Waals surface area contributed by atoms with Gasteiger partial charge in [-0.05, 0) is 23.3 Å². The number of likely N-dealkylation sites (tertiary alicyclic amines) is 1. The van der Waals surface area contributed by atoms with E-state index in [1.807, 2.05) is 48.5 Å². The first kappa shape index (κ1) is 25.3. The third-order valence-electron chi connectivity index (χ3n) is 7.50. The number of anilines is 1. The van der Waals surface area contributed by atoms with Crippen LogP contribution < -0.4 is 5.32 Å². The molecule has 194 valence electrons. The first-order valence-electron chi connectivity index (χ1n) is 12.8. The third kappa shape index (κ3) is 5.64. The normalized spacial score (nSPS) is 28.3. The van der Waals surface area contributed by atoms with E-state index in [9.17, 15) is 9.90 Å². The third-order valence-corrected chi connectivity index (χ3v) is 7.50. The van der Waals surface area contributed by atoms with Crippen molar-refractivity contribution in [1.82, 2.24) is 4.90 Å². The van der Waals surface area contributed by atoms with Crippen LogP contribution in [0.1, 0.15) is 55.8 Å². The van der Waals surface area contributed by atoms with Crippen LogP contribution >= 0.6 is 0 Å². The SMILES string of the molecule is CC(=O)Nc1ccc(C2OC(CN3CCC4(CC3)OCCO4)C(C)C(c3ccc(CO)cc3)O2)cc1. The fourth-order valence-corrected chi connectivity index (χ4v) is 5.37. The minimum absolute atomic E-state index is 0.0141. The van der Waals surface area contributed by atoms with Crippen molar-refractivity contribution >= 4 is 11.6 Å². The summed E-state index contributed by atoms with van der Waals surface area (Å²) < 4.78 is 24.9. The van der Waals surface area contributed by atoms with E-state index >= 15 is 0 Å². The number of carbonyl (C=O) groups is 1. The second-order valence-corrected chi connectivity index (χ2v) is 10.0. The number of hydrogen-bond acceptors (Lipinski definition) is 7. The number of hydrogen-bond donors (Lipinski definition) is 2. The molecule has 4 unspecified atom stereocenters. The summed E-state index contributed by atoms with van der Waals surface area (Å²) in [6.45, 7) is 7.65. The van der Waals surface area contributed by atoms with E-state index in [4.69, 9.17) is 18.9 Å². The van der Waals surface area contributed by atoms with Crippen molar-refractivity contribution in [3.8, 4) is 0 Å². The molecule has 2 N–H and O–H groups in total. The zero-order valence-corrected chi connectivity index (χ0v) is 21.0. The van der Waals surface area contributed by atoms with E-state index in [0.717, 1.165) is 54.9 Å². The zero-order valence-electron chi connectivity index (χ0n) is 21.0. The molecule has 3 fully saturated rings. The van der Waals surface area contributed by atoms with E-state index in [-0.39, 0.29) is 30.6 Å². The average Bonchev–Trinajstić information content (AvgIpc) is 3.35. The molecule has 8 nitrogen and oxygen atoms in total. The predicted molar refractivity (Wildman–Crippen MR) is 134 cm³/mol. The first-order chi connectivity index (χ1) is 17.4. The highest BCUT2D eigenvalue weighted by molar-refractivity contribution is 5.88. The van der Waals surface area contributed by atoms with Gasteiger partial charge in [0.15, 0.2) is 12.1 Å². The van der Waals surface area contributed by atoms with Crippen LogP contribution in [-0.4, -0.2) is 60.7 Å². The van der Waals surface area contributed by atoms with Gasteiger partial charge < -0.3 is 34.3 Å². The minimum atomic E-state index is -0.530. The van der Waals surface area contributed by atoms with Crippen molar-refractivity contribution in [3.63, 3.8) is 0 Å². The lowest BCUT2D eigenvalue weighted by Crippen LogP contribution is -2.50. The van der Waals surface area contributed by atoms with Gasteiger partial charge in [0.25, 0.3) is 0 Å². The lowest BCUT2D eigenvalue weighted by Gasteiger charge is -2.44. The summed E-state index contributed by atoms with van der Waals surface area (Å²) in [5.74, 6) is -0.381. The van der Waals surface area contributed by atoms with E-state index in [0.29, 0.717) is 13.2 Å². The molecule has 2 aromatic carbocycles. The van der Waals surface area contributed by atoms with Crippen LogP contribution in [0.15, 0.2) is 48.5 Å². The van der Waals surface area contributed by atoms with E-state index in [1.165, 1.54) is 6.92 Å². The highest BCUT2D eigenvalue weighted by Gasteiger charge is 2.43. The van der Waals surface area contributed by atoms with E-state index in [2.05, 4.69) is 17.1 Å². The Morgan fingerprint density at radius 2 is 1.64 bits per heavy atom. The molecule has 5 rings (SSSR count). The van der Waals surface area contributed by atoms with Gasteiger partial charge in [-0.2, -0.15) is 0 Å². The Labute approximate surface area is 212 Å². The molecule has 0 aliphatic carbocycles. The summed E-state index contributed by atoms with van der Waals surface area (Å²) in [4.78, 5) is 13.8. The maximum absolute atomic E-state index is 11.4. The summed E-state index contributed by atoms with van der Waals surface area (Å²) in [5, 5.41) is 12.3. The topological polar surface area (TPSA) is 89.5 Å². The summed E-state index contributed by atoms with van der Waals surface area (Å²) in [7, 11) is 0. The number of piperidine rings is 1. The number of amides is 1. The lowest BCUT2D eigenvalue weighted by atomic mass is 9.89. The van der Waals surface area contributed by atoms with Gasteiger partial charge in [0.1, 0.15) is 0 Å². The van der Waals surface area contributed by atoms with Crippen LogP contribution in [0.3, 0.4) is 0 Å². The summed E-state index contributed by atoms with van der Waals surface area (Å²) in [6, 6.07) is 15.6. The van der Waals surface area contributed by atoms with Gasteiger partial charge >= 0.3 is 0 Å². The van der Waals surface area contributed by atoms with Crippen molar-refractivity contribution in [2.45, 2.75) is 57.6 Å². The Morgan fingerprint density at radius 3 is 2.25 bits per heavy atom. The molecule has 36 heavy (non-hydrogen) atoms. The molecular formula is C28H36N2O6. The van der Waals surface area contributed by atoms with Gasteiger partial charge in [-0.3, -0.25) is 4.79 Å². The number of aliphatic hydroxyl groups is 1. The van der Waals surface area contributed by atoms with Gasteiger partial charge in [0.05, 0.1) is 32.0 Å². The molecule has 0 bridgehead atoms. The highest BCUT2D eigenvalue weighted by atomic mass is 16.7. The summed E-state index contributed by atoms with van der Waals surface area (Å²) >= 11 is 0. The van der Waals surface area contributed by atoms with Crippen molar-refractivity contribution in [2.75, 3.05) is 38.2 Å². The number of rotatable bonds is 6. The van der Waals surface area contributed by atoms with Crippen LogP contribution in [0, 0.1) is 5.92 Å². The monoisotopic (exact) mass is 496 g/mol. The molecule has 1 spiro atoms. The van der Waals surface area contributed by atoms with E-state index < -0.39 is 12.1 Å². The lowest BCUT2D eigenvalue weighted by molar-refractivity contribution is -0.278. The molecule has 0 radical (unpaired) electrons. The van der Waals surface area contributed by atoms with E-state index in [1.54, 1.807) is 0 Å². The smallest absolute Gasteiger partial charge is 0.221 e. The van der Waals surface area contributed by atoms with Crippen molar-refractivity contribution < 1.29 is 28.8 Å². The van der Waals surface area contributed by atoms with Crippen LogP contribution in [-0.2, 0) is 30.3 Å². The van der Waals surface area contributed by atoms with Gasteiger partial charge in [0, 0.05) is 56.6 Å². The van der Waals surface area contributed by atoms with Gasteiger partial charge in [0.2, 0.25) is 5.91 Å². The fraction of sp³-hybridized carbons (Fsp3) is 0.536. The number of benzene rings is 2. The molecule has 8 heteroatoms. The fourth-order valence-electron chi connectivity index (χ4n) is 5.37. The molecular weight excluding hydrogens is 460 g/mol. The van der Waals surface area contributed by atoms with Gasteiger partial charge in [-0.15, -0.1) is 0 Å². The van der Waals surface area contributed by atoms with Crippen molar-refractivity contribution in [1.29, 1.82) is 0 Å². The van der Waals surface area contributed by atoms with Crippen LogP contribution in [0.5, 0.6) is 0 Å². The molecule has 3 aliphatic rings. The molecule has 3 aliphatic heterocycles. The van der Waals surface area contributed by atoms with Crippen LogP contribution in [0.4, 0.5) is 5.69 Å². The predicted octanol–water partition coefficient (Wildman–Crippen LogP) is 3.77. The average molecular weight is 497 g/mol. The summed E-state index contributed by atoms with van der Waals surface area (Å²) in [5.41, 5.74) is 3.59.